The molecule has 0 atom stereocenters. The Morgan fingerprint density at radius 2 is 0.750 bits per heavy atom. The molecule has 4 radical (unpaired) electrons. The van der Waals surface area contributed by atoms with Crippen molar-refractivity contribution in [2.24, 2.45) is 0 Å². The largest absolute Gasteiger partial charge is 2.00 e. The summed E-state index contributed by atoms with van der Waals surface area (Å²) >= 11 is 0. The molecule has 20 valence electrons. The van der Waals surface area contributed by atoms with Gasteiger partial charge in [0.15, 0.2) is 0 Å². The first-order valence-corrected chi connectivity index (χ1v) is 0. The van der Waals surface area contributed by atoms with Gasteiger partial charge in [-0.1, -0.05) is 0 Å². The second kappa shape index (κ2) is 17.2. The van der Waals surface area contributed by atoms with Crippen LogP contribution in [0.25, 0.3) is 0 Å². The van der Waals surface area contributed by atoms with Crippen LogP contribution in [0.1, 0.15) is 0 Å². The van der Waals surface area contributed by atoms with Crippen molar-refractivity contribution >= 4 is 64.4 Å². The standard InChI is InChI=1S/Se.2Te.Zn/q+2;2*-2;+2. The van der Waals surface area contributed by atoms with Crippen LogP contribution in [0.3, 0.4) is 0 Å². The van der Waals surface area contributed by atoms with E-state index in [4.69, 9.17) is 0 Å². The van der Waals surface area contributed by atoms with Crippen molar-refractivity contribution in [1.82, 2.24) is 0 Å². The van der Waals surface area contributed by atoms with Crippen molar-refractivity contribution in [2.45, 2.75) is 0 Å². The topological polar surface area (TPSA) is 0 Å². The molecule has 0 unspecified atom stereocenters. The van der Waals surface area contributed by atoms with Crippen LogP contribution < -0.4 is 0 Å². The van der Waals surface area contributed by atoms with E-state index in [0.29, 0.717) is 0 Å². The quantitative estimate of drug-likeness (QED) is 0.452. The molecular weight excluding hydrogens is 400 g/mol. The molecule has 0 N–H and O–H groups in total. The first-order valence-electron chi connectivity index (χ1n) is 0. The summed E-state index contributed by atoms with van der Waals surface area (Å²) in [6.45, 7) is 0. The summed E-state index contributed by atoms with van der Waals surface area (Å²) in [5, 5.41) is 0. The van der Waals surface area contributed by atoms with E-state index in [0.717, 1.165) is 0 Å². The van der Waals surface area contributed by atoms with Gasteiger partial charge in [-0.05, 0) is 0 Å². The molecule has 0 bridgehead atoms. The normalized spacial score (nSPS) is 0. The van der Waals surface area contributed by atoms with E-state index >= 15 is 0 Å². The Labute approximate surface area is 82.5 Å². The molecule has 0 rings (SSSR count). The van der Waals surface area contributed by atoms with Crippen molar-refractivity contribution in [2.75, 3.05) is 0 Å². The Balaban J connectivity index is 0. The Morgan fingerprint density at radius 3 is 0.750 bits per heavy atom. The average molecular weight is 400 g/mol. The SMILES string of the molecule is [Se+2].[Te-2].[Te-2].[Zn+2]. The van der Waals surface area contributed by atoms with Crippen molar-refractivity contribution in [3.05, 3.63) is 0 Å². The maximum Gasteiger partial charge on any atom is 2.00 e. The molecule has 0 amide bonds. The van der Waals surface area contributed by atoms with Crippen LogP contribution in [0, 0.1) is 0 Å². The van der Waals surface area contributed by atoms with E-state index in [1.807, 2.05) is 0 Å². The number of hydrogen-bond donors (Lipinski definition) is 0. The third-order valence-corrected chi connectivity index (χ3v) is 0. The molecule has 0 aromatic carbocycles. The van der Waals surface area contributed by atoms with Gasteiger partial charge in [-0.25, -0.2) is 0 Å². The van der Waals surface area contributed by atoms with Crippen LogP contribution in [0.4, 0.5) is 0 Å². The van der Waals surface area contributed by atoms with Gasteiger partial charge in [0, 0.05) is 0 Å². The third-order valence-electron chi connectivity index (χ3n) is 0. The molecule has 0 fully saturated rings. The zero-order valence-corrected chi connectivity index (χ0v) is 11.3. The van der Waals surface area contributed by atoms with Gasteiger partial charge in [0.1, 0.15) is 0 Å². The van der Waals surface area contributed by atoms with Crippen molar-refractivity contribution in [3.63, 3.8) is 0 Å². The van der Waals surface area contributed by atoms with Gasteiger partial charge >= 0.3 is 36.5 Å². The minimum absolute atomic E-state index is 0. The molecule has 4 heteroatoms. The van der Waals surface area contributed by atoms with E-state index < -0.39 is 0 Å². The van der Waals surface area contributed by atoms with Crippen molar-refractivity contribution in [1.29, 1.82) is 0 Å². The van der Waals surface area contributed by atoms with Gasteiger partial charge in [0.2, 0.25) is 0 Å². The van der Waals surface area contributed by atoms with E-state index in [2.05, 4.69) is 0 Å². The van der Waals surface area contributed by atoms with E-state index in [-0.39, 0.29) is 83.9 Å². The first kappa shape index (κ1) is 29.7. The minimum Gasteiger partial charge on any atom is -2.00 e. The fourth-order valence-corrected chi connectivity index (χ4v) is 0. The summed E-state index contributed by atoms with van der Waals surface area (Å²) in [6.07, 6.45) is 0. The summed E-state index contributed by atoms with van der Waals surface area (Å²) in [6, 6.07) is 0. The van der Waals surface area contributed by atoms with Gasteiger partial charge in [-0.3, -0.25) is 0 Å². The molecule has 0 nitrogen and oxygen atoms in total. The maximum absolute atomic E-state index is 0. The molecule has 0 aliphatic heterocycles. The van der Waals surface area contributed by atoms with Crippen LogP contribution >= 0.6 is 0 Å². The minimum atomic E-state index is 0. The summed E-state index contributed by atoms with van der Waals surface area (Å²) in [5.41, 5.74) is 0. The predicted molar refractivity (Wildman–Crippen MR) is 17.3 cm³/mol. The van der Waals surface area contributed by atoms with Gasteiger partial charge < -0.3 is 47.3 Å². The van der Waals surface area contributed by atoms with Crippen molar-refractivity contribution in [3.8, 4) is 0 Å². The van der Waals surface area contributed by atoms with E-state index in [1.165, 1.54) is 0 Å². The van der Waals surface area contributed by atoms with E-state index in [1.54, 1.807) is 0 Å². The second-order valence-electron chi connectivity index (χ2n) is 0. The third kappa shape index (κ3) is 8.83. The molecule has 0 saturated carbocycles. The van der Waals surface area contributed by atoms with Crippen molar-refractivity contribution < 1.29 is 19.5 Å². The molecule has 4 heavy (non-hydrogen) atoms. The molecule has 0 aromatic rings. The molecule has 0 aromatic heterocycles. The van der Waals surface area contributed by atoms with Gasteiger partial charge in [0.05, 0.1) is 0 Å². The second-order valence-corrected chi connectivity index (χ2v) is 0. The van der Waals surface area contributed by atoms with Crippen LogP contribution in [-0.2, 0) is 19.5 Å². The number of hydrogen-bond acceptors (Lipinski definition) is 0. The summed E-state index contributed by atoms with van der Waals surface area (Å²) < 4.78 is 0. The Bertz CT molecular complexity index is 6.00. The fourth-order valence-electron chi connectivity index (χ4n) is 0. The molecule has 0 spiro atoms. The predicted octanol–water partition coefficient (Wildman–Crippen LogP) is -1.14. The monoisotopic (exact) mass is 404 g/mol. The van der Waals surface area contributed by atoms with Gasteiger partial charge in [0.25, 0.3) is 0 Å². The van der Waals surface area contributed by atoms with Gasteiger partial charge in [-0.15, -0.1) is 0 Å². The van der Waals surface area contributed by atoms with Crippen LogP contribution in [0.2, 0.25) is 0 Å². The average Bonchev–Trinajstić information content (AvgIpc) is 0. The summed E-state index contributed by atoms with van der Waals surface area (Å²) in [7, 11) is 0. The zero-order valence-electron chi connectivity index (χ0n) is 1.93. The Hall–Kier alpha value is 2.72. The Morgan fingerprint density at radius 1 is 0.750 bits per heavy atom. The molecule has 0 heterocycles. The van der Waals surface area contributed by atoms with Crippen LogP contribution in [0.5, 0.6) is 0 Å². The zero-order chi connectivity index (χ0) is 0. The molecular formula is SeTe2Zn. The first-order chi connectivity index (χ1) is 0. The maximum atomic E-state index is 0. The molecule has 0 aliphatic carbocycles. The van der Waals surface area contributed by atoms with E-state index in [9.17, 15) is 0 Å². The summed E-state index contributed by atoms with van der Waals surface area (Å²) in [5.74, 6) is 0. The summed E-state index contributed by atoms with van der Waals surface area (Å²) in [4.78, 5) is 0. The number of rotatable bonds is 0. The Kier molecular flexibility index (Phi) is 128. The van der Waals surface area contributed by atoms with Crippen LogP contribution in [-0.4, -0.2) is 64.4 Å². The smallest absolute Gasteiger partial charge is 2.00 e. The van der Waals surface area contributed by atoms with Gasteiger partial charge in [-0.2, -0.15) is 0 Å². The fraction of sp³-hybridized carbons (Fsp3) is 0. The van der Waals surface area contributed by atoms with Crippen LogP contribution in [0.15, 0.2) is 0 Å². The molecule has 0 saturated heterocycles. The molecule has 0 aliphatic rings.